The quantitative estimate of drug-likeness (QED) is 0.445. The largest absolute Gasteiger partial charge is 0.379 e. The van der Waals surface area contributed by atoms with Gasteiger partial charge in [-0.25, -0.2) is 4.98 Å². The molecular weight excluding hydrogens is 498 g/mol. The molecule has 0 radical (unpaired) electrons. The lowest BCUT2D eigenvalue weighted by atomic mass is 10.1. The van der Waals surface area contributed by atoms with Gasteiger partial charge < -0.3 is 15.0 Å². The number of hydrogen-bond donors (Lipinski definition) is 1. The zero-order valence-electron chi connectivity index (χ0n) is 22.1. The van der Waals surface area contributed by atoms with E-state index < -0.39 is 0 Å². The molecule has 9 heteroatoms. The van der Waals surface area contributed by atoms with Crippen molar-refractivity contribution in [2.45, 2.75) is 26.4 Å². The number of carbonyl (C=O) groups excluding carboxylic acids is 2. The van der Waals surface area contributed by atoms with Gasteiger partial charge >= 0.3 is 0 Å². The summed E-state index contributed by atoms with van der Waals surface area (Å²) >= 11 is 1.74. The second-order valence-electron chi connectivity index (χ2n) is 10.0. The fraction of sp³-hybridized carbons (Fsp3) is 0.414. The van der Waals surface area contributed by atoms with Gasteiger partial charge in [-0.2, -0.15) is 0 Å². The predicted molar refractivity (Wildman–Crippen MR) is 152 cm³/mol. The standard InChI is InChI=1S/C29H35N5O3S/c1-21-24-6-3-4-7-25(24)38-26(21)19-32(2)28(36)9-8-22-16-23-18-34(20-27(35)31-29(23)30-17-22)11-5-10-33-12-14-37-15-13-33/h3-4,6-9,16-17H,5,10-15,18-20H2,1-2H3,(H,30,31,35). The number of ether oxygens (including phenoxy) is 1. The van der Waals surface area contributed by atoms with Gasteiger partial charge in [-0.15, -0.1) is 11.3 Å². The molecule has 4 heterocycles. The molecule has 38 heavy (non-hydrogen) atoms. The topological polar surface area (TPSA) is 78.0 Å². The SMILES string of the molecule is Cc1c(CN(C)C(=O)C=Cc2cnc3c(c2)CN(CCCN2CCOCC2)CC(=O)N3)sc2ccccc12. The van der Waals surface area contributed by atoms with Crippen molar-refractivity contribution in [2.24, 2.45) is 0 Å². The number of benzene rings is 1. The number of nitrogens with one attached hydrogen (secondary N) is 1. The molecule has 0 spiro atoms. The van der Waals surface area contributed by atoms with Crippen molar-refractivity contribution in [3.63, 3.8) is 0 Å². The van der Waals surface area contributed by atoms with Gasteiger partial charge in [-0.3, -0.25) is 19.4 Å². The molecule has 2 aliphatic heterocycles. The van der Waals surface area contributed by atoms with E-state index in [-0.39, 0.29) is 11.8 Å². The van der Waals surface area contributed by atoms with Crippen molar-refractivity contribution in [3.8, 4) is 0 Å². The molecule has 3 aromatic rings. The molecule has 2 amide bonds. The molecule has 200 valence electrons. The first-order valence-corrected chi connectivity index (χ1v) is 14.0. The van der Waals surface area contributed by atoms with Crippen LogP contribution in [0, 0.1) is 6.92 Å². The summed E-state index contributed by atoms with van der Waals surface area (Å²) in [4.78, 5) is 37.3. The summed E-state index contributed by atoms with van der Waals surface area (Å²) in [6.45, 7) is 9.07. The Labute approximate surface area is 227 Å². The zero-order chi connectivity index (χ0) is 26.5. The molecule has 1 fully saturated rings. The number of hydrogen-bond acceptors (Lipinski definition) is 7. The van der Waals surface area contributed by atoms with Gasteiger partial charge in [0.1, 0.15) is 5.82 Å². The first-order chi connectivity index (χ1) is 18.5. The molecule has 0 saturated carbocycles. The summed E-state index contributed by atoms with van der Waals surface area (Å²) in [5.41, 5.74) is 3.04. The summed E-state index contributed by atoms with van der Waals surface area (Å²) < 4.78 is 6.67. The second kappa shape index (κ2) is 12.2. The lowest BCUT2D eigenvalue weighted by Crippen LogP contribution is -2.38. The summed E-state index contributed by atoms with van der Waals surface area (Å²) in [7, 11) is 1.83. The molecule has 5 rings (SSSR count). The molecule has 1 aromatic carbocycles. The molecule has 0 aliphatic carbocycles. The monoisotopic (exact) mass is 533 g/mol. The van der Waals surface area contributed by atoms with E-state index in [9.17, 15) is 9.59 Å². The predicted octanol–water partition coefficient (Wildman–Crippen LogP) is 3.75. The summed E-state index contributed by atoms with van der Waals surface area (Å²) in [5.74, 6) is 0.501. The normalized spacial score (nSPS) is 16.9. The number of anilines is 1. The third-order valence-electron chi connectivity index (χ3n) is 7.18. The summed E-state index contributed by atoms with van der Waals surface area (Å²) in [6.07, 6.45) is 6.10. The Bertz CT molecular complexity index is 1330. The molecule has 0 unspecified atom stereocenters. The number of aromatic nitrogens is 1. The number of fused-ring (bicyclic) bond motifs is 2. The van der Waals surface area contributed by atoms with Crippen molar-refractivity contribution < 1.29 is 14.3 Å². The van der Waals surface area contributed by atoms with Crippen LogP contribution in [0.3, 0.4) is 0 Å². The molecule has 8 nitrogen and oxygen atoms in total. The third-order valence-corrected chi connectivity index (χ3v) is 8.43. The number of thiophene rings is 1. The van der Waals surface area contributed by atoms with Crippen molar-refractivity contribution in [2.75, 3.05) is 58.3 Å². The number of morpholine rings is 1. The third kappa shape index (κ3) is 6.47. The highest BCUT2D eigenvalue weighted by molar-refractivity contribution is 7.19. The Morgan fingerprint density at radius 1 is 1.18 bits per heavy atom. The second-order valence-corrected chi connectivity index (χ2v) is 11.2. The van der Waals surface area contributed by atoms with Crippen LogP contribution in [0.5, 0.6) is 0 Å². The van der Waals surface area contributed by atoms with E-state index in [1.807, 2.05) is 25.2 Å². The number of carbonyl (C=O) groups is 2. The minimum Gasteiger partial charge on any atom is -0.379 e. The van der Waals surface area contributed by atoms with E-state index in [1.165, 1.54) is 20.5 Å². The van der Waals surface area contributed by atoms with Crippen LogP contribution < -0.4 is 5.32 Å². The van der Waals surface area contributed by atoms with Gasteiger partial charge in [0.05, 0.1) is 26.3 Å². The average molecular weight is 534 g/mol. The number of amides is 2. The fourth-order valence-electron chi connectivity index (χ4n) is 4.99. The van der Waals surface area contributed by atoms with Crippen molar-refractivity contribution in [1.29, 1.82) is 0 Å². The first-order valence-electron chi connectivity index (χ1n) is 13.2. The van der Waals surface area contributed by atoms with E-state index in [0.29, 0.717) is 25.5 Å². The molecular formula is C29H35N5O3S. The van der Waals surface area contributed by atoms with Gasteiger partial charge in [0.25, 0.3) is 0 Å². The maximum Gasteiger partial charge on any atom is 0.246 e. The van der Waals surface area contributed by atoms with Crippen molar-refractivity contribution >= 4 is 45.1 Å². The van der Waals surface area contributed by atoms with Crippen LogP contribution in [0.2, 0.25) is 0 Å². The highest BCUT2D eigenvalue weighted by Crippen LogP contribution is 2.31. The maximum atomic E-state index is 12.9. The van der Waals surface area contributed by atoms with Crippen LogP contribution in [0.25, 0.3) is 16.2 Å². The van der Waals surface area contributed by atoms with Crippen LogP contribution in [0.4, 0.5) is 5.82 Å². The van der Waals surface area contributed by atoms with E-state index in [2.05, 4.69) is 39.2 Å². The molecule has 2 aromatic heterocycles. The first kappa shape index (κ1) is 26.5. The van der Waals surface area contributed by atoms with Gasteiger partial charge in [-0.1, -0.05) is 18.2 Å². The molecule has 1 N–H and O–H groups in total. The summed E-state index contributed by atoms with van der Waals surface area (Å²) in [5, 5.41) is 4.18. The Hall–Kier alpha value is -3.11. The van der Waals surface area contributed by atoms with Gasteiger partial charge in [0, 0.05) is 60.6 Å². The Morgan fingerprint density at radius 2 is 1.97 bits per heavy atom. The number of nitrogens with zero attached hydrogens (tertiary/aromatic N) is 4. The highest BCUT2D eigenvalue weighted by Gasteiger charge is 2.21. The van der Waals surface area contributed by atoms with Gasteiger partial charge in [0.15, 0.2) is 0 Å². The van der Waals surface area contributed by atoms with E-state index in [4.69, 9.17) is 4.74 Å². The van der Waals surface area contributed by atoms with Crippen LogP contribution in [0.1, 0.15) is 28.0 Å². The van der Waals surface area contributed by atoms with E-state index >= 15 is 0 Å². The van der Waals surface area contributed by atoms with Crippen molar-refractivity contribution in [1.82, 2.24) is 19.7 Å². The Kier molecular flexibility index (Phi) is 8.48. The smallest absolute Gasteiger partial charge is 0.246 e. The molecule has 0 bridgehead atoms. The molecule has 0 atom stereocenters. The lowest BCUT2D eigenvalue weighted by molar-refractivity contribution is -0.125. The van der Waals surface area contributed by atoms with Gasteiger partial charge in [0.2, 0.25) is 11.8 Å². The highest BCUT2D eigenvalue weighted by atomic mass is 32.1. The summed E-state index contributed by atoms with van der Waals surface area (Å²) in [6, 6.07) is 10.4. The molecule has 2 aliphatic rings. The van der Waals surface area contributed by atoms with Gasteiger partial charge in [-0.05, 0) is 54.6 Å². The lowest BCUT2D eigenvalue weighted by Gasteiger charge is -2.27. The zero-order valence-corrected chi connectivity index (χ0v) is 22.9. The number of aryl methyl sites for hydroxylation is 1. The minimum atomic E-state index is -0.0603. The Balaban J connectivity index is 1.20. The number of likely N-dealkylation sites (N-methyl/N-ethyl adjacent to an activating group) is 1. The van der Waals surface area contributed by atoms with Crippen molar-refractivity contribution in [3.05, 3.63) is 64.2 Å². The molecule has 1 saturated heterocycles. The van der Waals surface area contributed by atoms with Crippen LogP contribution in [0.15, 0.2) is 42.6 Å². The van der Waals surface area contributed by atoms with Crippen LogP contribution in [-0.2, 0) is 27.4 Å². The average Bonchev–Trinajstić information content (AvgIpc) is 3.13. The van der Waals surface area contributed by atoms with E-state index in [1.54, 1.807) is 34.6 Å². The van der Waals surface area contributed by atoms with Crippen LogP contribution >= 0.6 is 11.3 Å². The number of rotatable bonds is 8. The van der Waals surface area contributed by atoms with E-state index in [0.717, 1.165) is 56.9 Å². The maximum absolute atomic E-state index is 12.9. The number of pyridine rings is 1. The van der Waals surface area contributed by atoms with Crippen LogP contribution in [-0.4, -0.2) is 84.5 Å². The Morgan fingerprint density at radius 3 is 2.79 bits per heavy atom. The fourth-order valence-corrected chi connectivity index (χ4v) is 6.25. The minimum absolute atomic E-state index is 0.0424.